The maximum Gasteiger partial charge on any atom is 0.251 e. The molecule has 0 saturated heterocycles. The van der Waals surface area contributed by atoms with Crippen LogP contribution in [0.3, 0.4) is 0 Å². The van der Waals surface area contributed by atoms with E-state index in [1.807, 2.05) is 73.8 Å². The second-order valence-electron chi connectivity index (χ2n) is 8.92. The van der Waals surface area contributed by atoms with Gasteiger partial charge in [-0.1, -0.05) is 84.1 Å². The Bertz CT molecular complexity index is 1460. The average molecular weight is 493 g/mol. The van der Waals surface area contributed by atoms with E-state index in [9.17, 15) is 4.79 Å². The lowest BCUT2D eigenvalue weighted by Crippen LogP contribution is -2.26. The molecule has 1 N–H and O–H groups in total. The third-order valence-electron chi connectivity index (χ3n) is 6.21. The predicted octanol–water partition coefficient (Wildman–Crippen LogP) is 6.57. The van der Waals surface area contributed by atoms with Crippen LogP contribution in [0.1, 0.15) is 45.6 Å². The zero-order chi connectivity index (χ0) is 24.9. The number of carbonyl (C=O) groups is 1. The molecule has 3 aromatic carbocycles. The van der Waals surface area contributed by atoms with Gasteiger partial charge in [0.05, 0.1) is 29.8 Å². The summed E-state index contributed by atoms with van der Waals surface area (Å²) in [4.78, 5) is 21.9. The molecular weight excluding hydrogens is 464 g/mol. The van der Waals surface area contributed by atoms with Crippen LogP contribution in [0, 0.1) is 6.92 Å². The Morgan fingerprint density at radius 1 is 0.944 bits per heavy atom. The molecule has 36 heavy (non-hydrogen) atoms. The monoisotopic (exact) mass is 492 g/mol. The van der Waals surface area contributed by atoms with Gasteiger partial charge in [-0.15, -0.1) is 0 Å². The maximum absolute atomic E-state index is 12.7. The Hall–Kier alpha value is -3.90. The molecule has 180 valence electrons. The van der Waals surface area contributed by atoms with Crippen molar-refractivity contribution in [1.82, 2.24) is 19.9 Å². The van der Waals surface area contributed by atoms with Crippen LogP contribution >= 0.6 is 11.8 Å². The van der Waals surface area contributed by atoms with E-state index in [-0.39, 0.29) is 11.9 Å². The van der Waals surface area contributed by atoms with Gasteiger partial charge in [0.1, 0.15) is 0 Å². The van der Waals surface area contributed by atoms with Crippen LogP contribution in [0.5, 0.6) is 0 Å². The first-order valence-corrected chi connectivity index (χ1v) is 13.0. The third kappa shape index (κ3) is 5.50. The zero-order valence-corrected chi connectivity index (χ0v) is 21.2. The summed E-state index contributed by atoms with van der Waals surface area (Å²) >= 11 is 1.69. The molecule has 6 heteroatoms. The summed E-state index contributed by atoms with van der Waals surface area (Å²) in [5.41, 5.74) is 7.33. The van der Waals surface area contributed by atoms with Crippen LogP contribution in [0.15, 0.2) is 102 Å². The Balaban J connectivity index is 1.27. The van der Waals surface area contributed by atoms with Crippen molar-refractivity contribution in [2.45, 2.75) is 37.3 Å². The number of rotatable bonds is 8. The van der Waals surface area contributed by atoms with E-state index in [2.05, 4.69) is 46.1 Å². The van der Waals surface area contributed by atoms with Gasteiger partial charge in [0.2, 0.25) is 0 Å². The minimum absolute atomic E-state index is 0.0510. The summed E-state index contributed by atoms with van der Waals surface area (Å²) in [6, 6.07) is 28.3. The minimum Gasteiger partial charge on any atom is -0.346 e. The van der Waals surface area contributed by atoms with Crippen molar-refractivity contribution >= 4 is 28.7 Å². The van der Waals surface area contributed by atoms with Gasteiger partial charge in [-0.25, -0.2) is 4.98 Å². The van der Waals surface area contributed by atoms with Crippen molar-refractivity contribution in [2.75, 3.05) is 0 Å². The molecule has 0 aliphatic heterocycles. The first kappa shape index (κ1) is 23.8. The smallest absolute Gasteiger partial charge is 0.251 e. The molecule has 0 bridgehead atoms. The molecule has 1 amide bonds. The molecule has 5 aromatic rings. The van der Waals surface area contributed by atoms with Crippen LogP contribution < -0.4 is 5.32 Å². The van der Waals surface area contributed by atoms with Gasteiger partial charge in [0.25, 0.3) is 5.91 Å². The zero-order valence-electron chi connectivity index (χ0n) is 20.4. The van der Waals surface area contributed by atoms with Gasteiger partial charge in [-0.3, -0.25) is 9.78 Å². The quantitative estimate of drug-likeness (QED) is 0.249. The molecule has 0 radical (unpaired) electrons. The number of carbonyl (C=O) groups excluding carboxylic acids is 1. The number of hydrogen-bond donors (Lipinski definition) is 1. The Labute approximate surface area is 215 Å². The molecule has 0 aliphatic carbocycles. The SMILES string of the molecule is Cc1ccc(Cn2c(SCc3ccc(C(=O)N[C@H](C)c4ccccc4)cc3)nc3ccncc32)cc1. The number of pyridine rings is 1. The van der Waals surface area contributed by atoms with Crippen molar-refractivity contribution in [3.63, 3.8) is 0 Å². The topological polar surface area (TPSA) is 59.8 Å². The van der Waals surface area contributed by atoms with Gasteiger partial charge in [-0.05, 0) is 48.7 Å². The third-order valence-corrected chi connectivity index (χ3v) is 7.26. The van der Waals surface area contributed by atoms with Crippen LogP contribution in [-0.2, 0) is 12.3 Å². The number of aromatic nitrogens is 3. The highest BCUT2D eigenvalue weighted by atomic mass is 32.2. The first-order chi connectivity index (χ1) is 17.6. The number of thioether (sulfide) groups is 1. The van der Waals surface area contributed by atoms with Gasteiger partial charge in [-0.2, -0.15) is 0 Å². The fourth-order valence-corrected chi connectivity index (χ4v) is 5.06. The second-order valence-corrected chi connectivity index (χ2v) is 9.86. The highest BCUT2D eigenvalue weighted by Gasteiger charge is 2.14. The molecule has 0 aliphatic rings. The van der Waals surface area contributed by atoms with Crippen molar-refractivity contribution in [1.29, 1.82) is 0 Å². The number of amides is 1. The van der Waals surface area contributed by atoms with E-state index in [0.29, 0.717) is 5.56 Å². The molecule has 5 nitrogen and oxygen atoms in total. The van der Waals surface area contributed by atoms with Crippen molar-refractivity contribution < 1.29 is 4.79 Å². The molecule has 1 atom stereocenters. The molecule has 5 rings (SSSR count). The number of nitrogens with one attached hydrogen (secondary N) is 1. The molecule has 0 unspecified atom stereocenters. The fourth-order valence-electron chi connectivity index (χ4n) is 4.09. The summed E-state index contributed by atoms with van der Waals surface area (Å²) in [5, 5.41) is 4.03. The Kier molecular flexibility index (Phi) is 7.14. The van der Waals surface area contributed by atoms with Crippen LogP contribution in [0.4, 0.5) is 0 Å². The van der Waals surface area contributed by atoms with Gasteiger partial charge in [0.15, 0.2) is 5.16 Å². The molecule has 2 aromatic heterocycles. The summed E-state index contributed by atoms with van der Waals surface area (Å²) < 4.78 is 2.23. The van der Waals surface area contributed by atoms with E-state index in [1.54, 1.807) is 18.0 Å². The normalized spacial score (nSPS) is 11.9. The van der Waals surface area contributed by atoms with E-state index < -0.39 is 0 Å². The lowest BCUT2D eigenvalue weighted by Gasteiger charge is -2.14. The van der Waals surface area contributed by atoms with Crippen LogP contribution in [0.2, 0.25) is 0 Å². The van der Waals surface area contributed by atoms with Crippen LogP contribution in [0.25, 0.3) is 11.0 Å². The number of imidazole rings is 1. The summed E-state index contributed by atoms with van der Waals surface area (Å²) in [6.07, 6.45) is 3.66. The summed E-state index contributed by atoms with van der Waals surface area (Å²) in [7, 11) is 0. The summed E-state index contributed by atoms with van der Waals surface area (Å²) in [5.74, 6) is 0.686. The maximum atomic E-state index is 12.7. The van der Waals surface area contributed by atoms with Gasteiger partial charge < -0.3 is 9.88 Å². The van der Waals surface area contributed by atoms with Gasteiger partial charge >= 0.3 is 0 Å². The number of fused-ring (bicyclic) bond motifs is 1. The number of benzene rings is 3. The minimum atomic E-state index is -0.0713. The second kappa shape index (κ2) is 10.8. The highest BCUT2D eigenvalue weighted by Crippen LogP contribution is 2.27. The molecular formula is C30H28N4OS. The van der Waals surface area contributed by atoms with Crippen molar-refractivity contribution in [3.8, 4) is 0 Å². The Morgan fingerprint density at radius 3 is 2.42 bits per heavy atom. The number of nitrogens with zero attached hydrogens (tertiary/aromatic N) is 3. The predicted molar refractivity (Wildman–Crippen MR) is 146 cm³/mol. The van der Waals surface area contributed by atoms with E-state index in [0.717, 1.165) is 39.6 Å². The van der Waals surface area contributed by atoms with E-state index in [1.165, 1.54) is 11.1 Å². The molecule has 0 fully saturated rings. The highest BCUT2D eigenvalue weighted by molar-refractivity contribution is 7.98. The van der Waals surface area contributed by atoms with Gasteiger partial charge in [0, 0.05) is 17.5 Å². The van der Waals surface area contributed by atoms with Crippen LogP contribution in [-0.4, -0.2) is 20.4 Å². The fraction of sp³-hybridized carbons (Fsp3) is 0.167. The van der Waals surface area contributed by atoms with Crippen molar-refractivity contribution in [2.24, 2.45) is 0 Å². The molecule has 2 heterocycles. The average Bonchev–Trinajstić information content (AvgIpc) is 3.26. The lowest BCUT2D eigenvalue weighted by molar-refractivity contribution is 0.0940. The number of aryl methyl sites for hydroxylation is 1. The molecule has 0 spiro atoms. The number of hydrogen-bond acceptors (Lipinski definition) is 4. The molecule has 0 saturated carbocycles. The Morgan fingerprint density at radius 2 is 1.67 bits per heavy atom. The first-order valence-electron chi connectivity index (χ1n) is 12.0. The van der Waals surface area contributed by atoms with Crippen molar-refractivity contribution in [3.05, 3.63) is 125 Å². The lowest BCUT2D eigenvalue weighted by atomic mass is 10.1. The standard InChI is InChI=1S/C30H28N4OS/c1-21-8-10-23(11-9-21)19-34-28-18-31-17-16-27(28)33-30(34)36-20-24-12-14-26(15-13-24)29(35)32-22(2)25-6-4-3-5-7-25/h3-18,22H,19-20H2,1-2H3,(H,32,35)/t22-/m1/s1. The van der Waals surface area contributed by atoms with E-state index >= 15 is 0 Å². The largest absolute Gasteiger partial charge is 0.346 e. The summed E-state index contributed by atoms with van der Waals surface area (Å²) in [6.45, 7) is 4.83. The van der Waals surface area contributed by atoms with E-state index in [4.69, 9.17) is 4.98 Å².